The molecule has 6 heteroatoms. The van der Waals surface area contributed by atoms with E-state index in [-0.39, 0.29) is 11.8 Å². The van der Waals surface area contributed by atoms with Gasteiger partial charge >= 0.3 is 6.09 Å². The molecule has 0 radical (unpaired) electrons. The zero-order chi connectivity index (χ0) is 13.9. The molecule has 1 aromatic rings. The molecule has 0 fully saturated rings. The number of carbonyl (C=O) groups is 2. The Bertz CT molecular complexity index is 481. The Morgan fingerprint density at radius 3 is 2.44 bits per heavy atom. The Morgan fingerprint density at radius 2 is 1.94 bits per heavy atom. The van der Waals surface area contributed by atoms with E-state index in [0.717, 1.165) is 6.07 Å². The largest absolute Gasteiger partial charge is 0.444 e. The average molecular weight is 257 g/mol. The molecule has 0 atom stereocenters. The Hall–Kier alpha value is -1.98. The van der Waals surface area contributed by atoms with Gasteiger partial charge in [0.05, 0.1) is 5.69 Å². The fraction of sp³-hybridized carbons (Fsp3) is 0.333. The summed E-state index contributed by atoms with van der Waals surface area (Å²) in [4.78, 5) is 22.1. The summed E-state index contributed by atoms with van der Waals surface area (Å²) in [6.45, 7) is 4.90. The molecular weight excluding hydrogens is 244 g/mol. The highest BCUT2D eigenvalue weighted by Gasteiger charge is 2.19. The first-order valence-corrected chi connectivity index (χ1v) is 5.17. The summed E-state index contributed by atoms with van der Waals surface area (Å²) in [6.07, 6.45) is -0.671. The lowest BCUT2D eigenvalue weighted by atomic mass is 10.2. The van der Waals surface area contributed by atoms with Gasteiger partial charge in [0.2, 0.25) is 0 Å². The van der Waals surface area contributed by atoms with Crippen molar-refractivity contribution in [3.63, 3.8) is 0 Å². The van der Waals surface area contributed by atoms with Crippen molar-refractivity contribution in [1.82, 2.24) is 0 Å². The molecule has 1 rings (SSSR count). The van der Waals surface area contributed by atoms with Crippen LogP contribution in [0.1, 0.15) is 31.1 Å². The lowest BCUT2D eigenvalue weighted by molar-refractivity contribution is 0.0635. The van der Waals surface area contributed by atoms with Gasteiger partial charge in [-0.1, -0.05) is 0 Å². The van der Waals surface area contributed by atoms with E-state index < -0.39 is 29.0 Å². The van der Waals surface area contributed by atoms with Crippen molar-refractivity contribution in [2.24, 2.45) is 0 Å². The molecule has 0 bridgehead atoms. The molecule has 0 aromatic heterocycles. The fourth-order valence-corrected chi connectivity index (χ4v) is 1.22. The topological polar surface area (TPSA) is 55.4 Å². The van der Waals surface area contributed by atoms with Crippen LogP contribution in [-0.4, -0.2) is 18.0 Å². The van der Waals surface area contributed by atoms with Gasteiger partial charge in [0.1, 0.15) is 17.2 Å². The fourth-order valence-electron chi connectivity index (χ4n) is 1.22. The van der Waals surface area contributed by atoms with E-state index in [0.29, 0.717) is 6.07 Å². The maximum absolute atomic E-state index is 13.4. The molecule has 0 spiro atoms. The van der Waals surface area contributed by atoms with Crippen molar-refractivity contribution in [2.75, 3.05) is 5.32 Å². The van der Waals surface area contributed by atoms with Crippen LogP contribution in [0.2, 0.25) is 0 Å². The van der Waals surface area contributed by atoms with Gasteiger partial charge in [-0.25, -0.2) is 13.6 Å². The number of aldehydes is 1. The standard InChI is InChI=1S/C12H13F2NO3/c1-12(2,3)18-11(17)15-10-7(6-16)4-8(13)5-9(10)14/h4-6H,1-3H3,(H,15,17). The SMILES string of the molecule is CC(C)(C)OC(=O)Nc1c(F)cc(F)cc1C=O. The molecule has 1 aromatic carbocycles. The minimum absolute atomic E-state index is 0.249. The number of carbonyl (C=O) groups excluding carboxylic acids is 2. The summed E-state index contributed by atoms with van der Waals surface area (Å²) in [5, 5.41) is 2.08. The number of hydrogen-bond donors (Lipinski definition) is 1. The number of amides is 1. The molecule has 1 amide bonds. The summed E-state index contributed by atoms with van der Waals surface area (Å²) in [7, 11) is 0. The van der Waals surface area contributed by atoms with Gasteiger partial charge in [0.25, 0.3) is 0 Å². The second-order valence-electron chi connectivity index (χ2n) is 4.60. The first-order valence-electron chi connectivity index (χ1n) is 5.17. The molecule has 0 unspecified atom stereocenters. The summed E-state index contributed by atoms with van der Waals surface area (Å²) < 4.78 is 31.2. The first-order chi connectivity index (χ1) is 8.23. The van der Waals surface area contributed by atoms with E-state index in [4.69, 9.17) is 4.74 Å². The zero-order valence-electron chi connectivity index (χ0n) is 10.2. The van der Waals surface area contributed by atoms with Gasteiger partial charge in [-0.15, -0.1) is 0 Å². The predicted octanol–water partition coefficient (Wildman–Crippen LogP) is 3.12. The molecule has 18 heavy (non-hydrogen) atoms. The van der Waals surface area contributed by atoms with Crippen molar-refractivity contribution >= 4 is 18.1 Å². The van der Waals surface area contributed by atoms with Crippen LogP contribution in [0.4, 0.5) is 19.3 Å². The summed E-state index contributed by atoms with van der Waals surface area (Å²) >= 11 is 0. The maximum Gasteiger partial charge on any atom is 0.412 e. The number of halogens is 2. The van der Waals surface area contributed by atoms with E-state index in [2.05, 4.69) is 5.32 Å². The minimum atomic E-state index is -1.04. The van der Waals surface area contributed by atoms with Crippen LogP contribution < -0.4 is 5.32 Å². The summed E-state index contributed by atoms with van der Waals surface area (Å²) in [5.41, 5.74) is -1.46. The molecule has 4 nitrogen and oxygen atoms in total. The molecule has 98 valence electrons. The van der Waals surface area contributed by atoms with Crippen LogP contribution in [0.15, 0.2) is 12.1 Å². The highest BCUT2D eigenvalue weighted by molar-refractivity contribution is 5.93. The van der Waals surface area contributed by atoms with Crippen LogP contribution in [0.5, 0.6) is 0 Å². The van der Waals surface area contributed by atoms with E-state index >= 15 is 0 Å². The molecular formula is C12H13F2NO3. The molecule has 0 aliphatic carbocycles. The third-order valence-corrected chi connectivity index (χ3v) is 1.84. The van der Waals surface area contributed by atoms with E-state index in [1.807, 2.05) is 0 Å². The number of benzene rings is 1. The lowest BCUT2D eigenvalue weighted by Crippen LogP contribution is -2.27. The molecule has 0 saturated heterocycles. The van der Waals surface area contributed by atoms with Crippen LogP contribution in [0, 0.1) is 11.6 Å². The first kappa shape index (κ1) is 14.1. The van der Waals surface area contributed by atoms with Crippen molar-refractivity contribution in [1.29, 1.82) is 0 Å². The highest BCUT2D eigenvalue weighted by atomic mass is 19.1. The number of anilines is 1. The van der Waals surface area contributed by atoms with Gasteiger partial charge in [-0.3, -0.25) is 10.1 Å². The van der Waals surface area contributed by atoms with E-state index in [1.54, 1.807) is 20.8 Å². The minimum Gasteiger partial charge on any atom is -0.444 e. The highest BCUT2D eigenvalue weighted by Crippen LogP contribution is 2.21. The Labute approximate surface area is 103 Å². The third-order valence-electron chi connectivity index (χ3n) is 1.84. The second-order valence-corrected chi connectivity index (χ2v) is 4.60. The van der Waals surface area contributed by atoms with Crippen LogP contribution in [-0.2, 0) is 4.74 Å². The lowest BCUT2D eigenvalue weighted by Gasteiger charge is -2.20. The average Bonchev–Trinajstić information content (AvgIpc) is 2.18. The van der Waals surface area contributed by atoms with Crippen molar-refractivity contribution in [2.45, 2.75) is 26.4 Å². The molecule has 0 saturated carbocycles. The zero-order valence-corrected chi connectivity index (χ0v) is 10.2. The molecule has 0 heterocycles. The molecule has 0 aliphatic rings. The van der Waals surface area contributed by atoms with Gasteiger partial charge in [0.15, 0.2) is 6.29 Å². The van der Waals surface area contributed by atoms with Crippen molar-refractivity contribution in [3.05, 3.63) is 29.3 Å². The molecule has 0 aliphatic heterocycles. The van der Waals surface area contributed by atoms with Gasteiger partial charge < -0.3 is 4.74 Å². The predicted molar refractivity (Wildman–Crippen MR) is 61.6 cm³/mol. The number of ether oxygens (including phenoxy) is 1. The Morgan fingerprint density at radius 1 is 1.33 bits per heavy atom. The van der Waals surface area contributed by atoms with Gasteiger partial charge in [-0.2, -0.15) is 0 Å². The van der Waals surface area contributed by atoms with Crippen molar-refractivity contribution < 1.29 is 23.1 Å². The summed E-state index contributed by atoms with van der Waals surface area (Å²) in [6, 6.07) is 1.39. The van der Waals surface area contributed by atoms with E-state index in [1.165, 1.54) is 0 Å². The van der Waals surface area contributed by atoms with Crippen LogP contribution in [0.25, 0.3) is 0 Å². The van der Waals surface area contributed by atoms with E-state index in [9.17, 15) is 18.4 Å². The summed E-state index contributed by atoms with van der Waals surface area (Å²) in [5.74, 6) is -1.94. The van der Waals surface area contributed by atoms with Gasteiger partial charge in [0, 0.05) is 11.6 Å². The third kappa shape index (κ3) is 3.80. The monoisotopic (exact) mass is 257 g/mol. The Balaban J connectivity index is 2.97. The molecule has 1 N–H and O–H groups in total. The Kier molecular flexibility index (Phi) is 4.00. The number of nitrogens with one attached hydrogen (secondary N) is 1. The van der Waals surface area contributed by atoms with Gasteiger partial charge in [-0.05, 0) is 26.8 Å². The normalized spacial score (nSPS) is 10.9. The second kappa shape index (κ2) is 5.12. The quantitative estimate of drug-likeness (QED) is 0.828. The maximum atomic E-state index is 13.4. The van der Waals surface area contributed by atoms with Crippen LogP contribution in [0.3, 0.4) is 0 Å². The smallest absolute Gasteiger partial charge is 0.412 e. The van der Waals surface area contributed by atoms with Crippen molar-refractivity contribution in [3.8, 4) is 0 Å². The number of rotatable bonds is 2. The number of hydrogen-bond acceptors (Lipinski definition) is 3. The van der Waals surface area contributed by atoms with Crippen LogP contribution >= 0.6 is 0 Å².